The molecule has 4 heteroatoms. The smallest absolute Gasteiger partial charge is 0.0781 e. The maximum absolute atomic E-state index is 8.87. The van der Waals surface area contributed by atoms with E-state index in [0.717, 1.165) is 13.0 Å². The summed E-state index contributed by atoms with van der Waals surface area (Å²) in [4.78, 5) is 0. The van der Waals surface area contributed by atoms with Gasteiger partial charge in [0.1, 0.15) is 0 Å². The summed E-state index contributed by atoms with van der Waals surface area (Å²) >= 11 is 0. The molecule has 128 valence electrons. The van der Waals surface area contributed by atoms with E-state index in [1.165, 1.54) is 32.1 Å². The average Bonchev–Trinajstić information content (AvgIpc) is 2.49. The minimum Gasteiger partial charge on any atom is -0.394 e. The molecule has 0 radical (unpaired) electrons. The Morgan fingerprint density at radius 3 is 1.86 bits per heavy atom. The van der Waals surface area contributed by atoms with Crippen molar-refractivity contribution in [2.24, 2.45) is 0 Å². The second kappa shape index (κ2) is 14.8. The Morgan fingerprint density at radius 2 is 1.24 bits per heavy atom. The maximum Gasteiger partial charge on any atom is 0.0781 e. The van der Waals surface area contributed by atoms with Gasteiger partial charge in [-0.2, -0.15) is 0 Å². The Kier molecular flexibility index (Phi) is 14.7. The molecule has 3 unspecified atom stereocenters. The van der Waals surface area contributed by atoms with Gasteiger partial charge in [-0.3, -0.25) is 0 Å². The van der Waals surface area contributed by atoms with Gasteiger partial charge in [0.15, 0.2) is 0 Å². The van der Waals surface area contributed by atoms with Crippen molar-refractivity contribution in [3.8, 4) is 0 Å². The van der Waals surface area contributed by atoms with E-state index in [-0.39, 0.29) is 24.9 Å². The number of rotatable bonds is 15. The Morgan fingerprint density at radius 1 is 0.714 bits per heavy atom. The summed E-state index contributed by atoms with van der Waals surface area (Å²) in [5.41, 5.74) is 0. The fraction of sp³-hybridized carbons (Fsp3) is 1.00. The summed E-state index contributed by atoms with van der Waals surface area (Å²) in [5, 5.41) is 8.87. The summed E-state index contributed by atoms with van der Waals surface area (Å²) < 4.78 is 16.8. The highest BCUT2D eigenvalue weighted by molar-refractivity contribution is 4.55. The van der Waals surface area contributed by atoms with Crippen molar-refractivity contribution in [3.05, 3.63) is 0 Å². The lowest BCUT2D eigenvalue weighted by molar-refractivity contribution is -0.0746. The molecule has 4 nitrogen and oxygen atoms in total. The third kappa shape index (κ3) is 14.5. The van der Waals surface area contributed by atoms with Gasteiger partial charge < -0.3 is 19.3 Å². The third-order valence-electron chi connectivity index (χ3n) is 3.39. The highest BCUT2D eigenvalue weighted by Gasteiger charge is 2.09. The molecule has 0 saturated heterocycles. The van der Waals surface area contributed by atoms with E-state index in [4.69, 9.17) is 19.3 Å². The van der Waals surface area contributed by atoms with Crippen molar-refractivity contribution in [1.82, 2.24) is 0 Å². The van der Waals surface area contributed by atoms with Gasteiger partial charge in [-0.25, -0.2) is 0 Å². The summed E-state index contributed by atoms with van der Waals surface area (Å²) in [7, 11) is 0. The van der Waals surface area contributed by atoms with Gasteiger partial charge in [0.25, 0.3) is 0 Å². The summed E-state index contributed by atoms with van der Waals surface area (Å²) in [6, 6.07) is 0. The van der Waals surface area contributed by atoms with Crippen LogP contribution < -0.4 is 0 Å². The first kappa shape index (κ1) is 20.8. The van der Waals surface area contributed by atoms with E-state index < -0.39 is 0 Å². The van der Waals surface area contributed by atoms with Gasteiger partial charge in [-0.1, -0.05) is 39.0 Å². The van der Waals surface area contributed by atoms with Crippen LogP contribution in [0.3, 0.4) is 0 Å². The fourth-order valence-electron chi connectivity index (χ4n) is 1.92. The highest BCUT2D eigenvalue weighted by Crippen LogP contribution is 2.06. The van der Waals surface area contributed by atoms with Crippen LogP contribution in [0.1, 0.15) is 66.2 Å². The fourth-order valence-corrected chi connectivity index (χ4v) is 1.92. The predicted octanol–water partition coefficient (Wildman–Crippen LogP) is 3.55. The van der Waals surface area contributed by atoms with Crippen LogP contribution in [0.15, 0.2) is 0 Å². The predicted molar refractivity (Wildman–Crippen MR) is 86.7 cm³/mol. The number of aliphatic hydroxyl groups excluding tert-OH is 1. The minimum absolute atomic E-state index is 0.0269. The largest absolute Gasteiger partial charge is 0.394 e. The van der Waals surface area contributed by atoms with E-state index in [0.29, 0.717) is 13.2 Å². The lowest BCUT2D eigenvalue weighted by Gasteiger charge is -2.19. The van der Waals surface area contributed by atoms with Crippen molar-refractivity contribution in [2.75, 3.05) is 26.4 Å². The van der Waals surface area contributed by atoms with Crippen molar-refractivity contribution in [1.29, 1.82) is 0 Å². The van der Waals surface area contributed by atoms with Gasteiger partial charge in [-0.05, 0) is 27.2 Å². The maximum atomic E-state index is 8.87. The van der Waals surface area contributed by atoms with Crippen LogP contribution in [-0.4, -0.2) is 49.8 Å². The van der Waals surface area contributed by atoms with Crippen LogP contribution in [-0.2, 0) is 14.2 Å². The molecule has 0 aromatic heterocycles. The lowest BCUT2D eigenvalue weighted by Crippen LogP contribution is -2.26. The second-order valence-electron chi connectivity index (χ2n) is 5.92. The number of unbranched alkanes of at least 4 members (excludes halogenated alkanes) is 5. The van der Waals surface area contributed by atoms with Crippen molar-refractivity contribution in [3.63, 3.8) is 0 Å². The molecule has 0 rings (SSSR count). The summed E-state index contributed by atoms with van der Waals surface area (Å²) in [5.74, 6) is 0. The molecule has 0 heterocycles. The first-order valence-electron chi connectivity index (χ1n) is 8.55. The molecule has 0 amide bonds. The Bertz CT molecular complexity index is 211. The van der Waals surface area contributed by atoms with Crippen LogP contribution >= 0.6 is 0 Å². The normalized spacial score (nSPS) is 15.9. The van der Waals surface area contributed by atoms with Crippen molar-refractivity contribution < 1.29 is 19.3 Å². The second-order valence-corrected chi connectivity index (χ2v) is 5.92. The molecular weight excluding hydrogens is 268 g/mol. The Labute approximate surface area is 131 Å². The molecule has 0 aliphatic rings. The molecule has 0 aliphatic carbocycles. The van der Waals surface area contributed by atoms with Crippen LogP contribution in [0.5, 0.6) is 0 Å². The molecule has 1 N–H and O–H groups in total. The molecule has 21 heavy (non-hydrogen) atoms. The number of hydrogen-bond donors (Lipinski definition) is 1. The zero-order chi connectivity index (χ0) is 15.9. The van der Waals surface area contributed by atoms with Gasteiger partial charge in [0.05, 0.1) is 38.1 Å². The van der Waals surface area contributed by atoms with Crippen LogP contribution in [0.25, 0.3) is 0 Å². The molecule has 0 bridgehead atoms. The van der Waals surface area contributed by atoms with E-state index in [2.05, 4.69) is 6.92 Å². The molecule has 0 spiro atoms. The molecule has 0 aromatic carbocycles. The van der Waals surface area contributed by atoms with Crippen LogP contribution in [0.4, 0.5) is 0 Å². The van der Waals surface area contributed by atoms with Crippen LogP contribution in [0, 0.1) is 0 Å². The zero-order valence-electron chi connectivity index (χ0n) is 14.5. The van der Waals surface area contributed by atoms with E-state index in [9.17, 15) is 0 Å². The third-order valence-corrected chi connectivity index (χ3v) is 3.39. The van der Waals surface area contributed by atoms with Gasteiger partial charge in [-0.15, -0.1) is 0 Å². The molecule has 3 atom stereocenters. The lowest BCUT2D eigenvalue weighted by atomic mass is 10.1. The first-order valence-corrected chi connectivity index (χ1v) is 8.55. The molecular formula is C17H36O4. The first-order chi connectivity index (χ1) is 10.1. The van der Waals surface area contributed by atoms with Crippen molar-refractivity contribution >= 4 is 0 Å². The Balaban J connectivity index is 3.38. The van der Waals surface area contributed by atoms with Gasteiger partial charge in [0.2, 0.25) is 0 Å². The van der Waals surface area contributed by atoms with Crippen molar-refractivity contribution in [2.45, 2.75) is 84.5 Å². The van der Waals surface area contributed by atoms with Crippen LogP contribution in [0.2, 0.25) is 0 Å². The quantitative estimate of drug-likeness (QED) is 0.470. The monoisotopic (exact) mass is 304 g/mol. The molecule has 0 aromatic rings. The van der Waals surface area contributed by atoms with Gasteiger partial charge in [0, 0.05) is 6.61 Å². The Hall–Kier alpha value is -0.160. The SMILES string of the molecule is CCCCCCCCOC(C)COC(C)COC(C)CO. The molecule has 0 saturated carbocycles. The topological polar surface area (TPSA) is 47.9 Å². The van der Waals surface area contributed by atoms with E-state index in [1.54, 1.807) is 0 Å². The standard InChI is InChI=1S/C17H36O4/c1-5-6-7-8-9-10-11-19-16(3)13-21-17(4)14-20-15(2)12-18/h15-18H,5-14H2,1-4H3. The van der Waals surface area contributed by atoms with E-state index in [1.807, 2.05) is 20.8 Å². The number of aliphatic hydroxyl groups is 1. The highest BCUT2D eigenvalue weighted by atomic mass is 16.6. The zero-order valence-corrected chi connectivity index (χ0v) is 14.5. The summed E-state index contributed by atoms with van der Waals surface area (Å²) in [6.45, 7) is 10.1. The summed E-state index contributed by atoms with van der Waals surface area (Å²) in [6.07, 6.45) is 7.73. The number of hydrogen-bond acceptors (Lipinski definition) is 4. The van der Waals surface area contributed by atoms with Gasteiger partial charge >= 0.3 is 0 Å². The number of ether oxygens (including phenoxy) is 3. The minimum atomic E-state index is -0.127. The average molecular weight is 304 g/mol. The molecule has 0 aliphatic heterocycles. The van der Waals surface area contributed by atoms with E-state index >= 15 is 0 Å². The molecule has 0 fully saturated rings.